The third-order valence-corrected chi connectivity index (χ3v) is 3.58. The maximum Gasteiger partial charge on any atom is 0.260 e. The molecule has 0 saturated heterocycles. The molecule has 0 heterocycles. The Balaban J connectivity index is 1.81. The summed E-state index contributed by atoms with van der Waals surface area (Å²) in [7, 11) is 0. The zero-order valence-corrected chi connectivity index (χ0v) is 13.5. The summed E-state index contributed by atoms with van der Waals surface area (Å²) in [6.07, 6.45) is -0.938. The van der Waals surface area contributed by atoms with Crippen molar-refractivity contribution in [3.8, 4) is 11.8 Å². The van der Waals surface area contributed by atoms with Gasteiger partial charge in [0.1, 0.15) is 11.8 Å². The highest BCUT2D eigenvalue weighted by molar-refractivity contribution is 5.80. The fourth-order valence-corrected chi connectivity index (χ4v) is 2.22. The molecular formula is C19H20N2O3. The van der Waals surface area contributed by atoms with Crippen LogP contribution in [-0.4, -0.2) is 23.7 Å². The minimum Gasteiger partial charge on any atom is -0.480 e. The van der Waals surface area contributed by atoms with Gasteiger partial charge in [-0.05, 0) is 31.0 Å². The maximum atomic E-state index is 12.1. The highest BCUT2D eigenvalue weighted by Gasteiger charge is 2.16. The summed E-state index contributed by atoms with van der Waals surface area (Å²) in [5, 5.41) is 21.8. The van der Waals surface area contributed by atoms with E-state index in [1.54, 1.807) is 31.2 Å². The molecule has 2 aromatic rings. The first-order chi connectivity index (χ1) is 11.6. The van der Waals surface area contributed by atoms with Gasteiger partial charge in [0.15, 0.2) is 6.10 Å². The number of ether oxygens (including phenoxy) is 1. The number of carbonyl (C=O) groups is 1. The van der Waals surface area contributed by atoms with Crippen LogP contribution in [0.25, 0.3) is 0 Å². The van der Waals surface area contributed by atoms with Crippen LogP contribution in [0.5, 0.6) is 5.75 Å². The predicted octanol–water partition coefficient (Wildman–Crippen LogP) is 2.57. The molecule has 124 valence electrons. The second-order valence-corrected chi connectivity index (χ2v) is 5.37. The number of benzene rings is 2. The van der Waals surface area contributed by atoms with E-state index in [9.17, 15) is 9.90 Å². The van der Waals surface area contributed by atoms with Crippen LogP contribution >= 0.6 is 0 Å². The van der Waals surface area contributed by atoms with Crippen LogP contribution < -0.4 is 10.1 Å². The molecule has 0 bridgehead atoms. The summed E-state index contributed by atoms with van der Waals surface area (Å²) in [4.78, 5) is 12.1. The molecular weight excluding hydrogens is 304 g/mol. The van der Waals surface area contributed by atoms with Gasteiger partial charge in [0.05, 0.1) is 11.7 Å². The predicted molar refractivity (Wildman–Crippen MR) is 90.3 cm³/mol. The summed E-state index contributed by atoms with van der Waals surface area (Å²) in [5.74, 6) is 0.0926. The lowest BCUT2D eigenvalue weighted by molar-refractivity contribution is -0.127. The van der Waals surface area contributed by atoms with E-state index >= 15 is 0 Å². The van der Waals surface area contributed by atoms with Crippen molar-refractivity contribution in [1.82, 2.24) is 5.32 Å². The molecule has 2 rings (SSSR count). The number of rotatable bonds is 7. The second kappa shape index (κ2) is 8.70. The highest BCUT2D eigenvalue weighted by atomic mass is 16.5. The summed E-state index contributed by atoms with van der Waals surface area (Å²) in [6.45, 7) is 1.96. The van der Waals surface area contributed by atoms with Crippen LogP contribution in [0.4, 0.5) is 0 Å². The highest BCUT2D eigenvalue weighted by Crippen LogP contribution is 2.18. The Morgan fingerprint density at radius 2 is 1.88 bits per heavy atom. The Hall–Kier alpha value is -2.84. The maximum absolute atomic E-state index is 12.1. The standard InChI is InChI=1S/C19H20N2O3/c1-14(24-18-10-6-5-9-16(18)13-20)19(23)21-12-11-17(22)15-7-3-2-4-8-15/h2-10,14,17,22H,11-12H2,1H3,(H,21,23). The van der Waals surface area contributed by atoms with Gasteiger partial charge in [0.2, 0.25) is 0 Å². The number of hydrogen-bond donors (Lipinski definition) is 2. The lowest BCUT2D eigenvalue weighted by Gasteiger charge is -2.16. The molecule has 1 amide bonds. The monoisotopic (exact) mass is 324 g/mol. The van der Waals surface area contributed by atoms with Gasteiger partial charge in [0, 0.05) is 6.54 Å². The fourth-order valence-electron chi connectivity index (χ4n) is 2.22. The number of nitrogens with zero attached hydrogens (tertiary/aromatic N) is 1. The topological polar surface area (TPSA) is 82.3 Å². The normalized spacial score (nSPS) is 12.7. The third-order valence-electron chi connectivity index (χ3n) is 3.58. The van der Waals surface area contributed by atoms with Gasteiger partial charge in [-0.3, -0.25) is 4.79 Å². The first-order valence-electron chi connectivity index (χ1n) is 7.78. The van der Waals surface area contributed by atoms with Crippen molar-refractivity contribution >= 4 is 5.91 Å². The van der Waals surface area contributed by atoms with Crippen LogP contribution in [0.3, 0.4) is 0 Å². The zero-order valence-electron chi connectivity index (χ0n) is 13.5. The number of nitrogens with one attached hydrogen (secondary N) is 1. The van der Waals surface area contributed by atoms with Crippen LogP contribution in [0.15, 0.2) is 54.6 Å². The summed E-state index contributed by atoms with van der Waals surface area (Å²) in [6, 6.07) is 18.1. The lowest BCUT2D eigenvalue weighted by Crippen LogP contribution is -2.37. The van der Waals surface area contributed by atoms with Crippen molar-refractivity contribution in [3.63, 3.8) is 0 Å². The lowest BCUT2D eigenvalue weighted by atomic mass is 10.1. The van der Waals surface area contributed by atoms with Crippen LogP contribution in [0.2, 0.25) is 0 Å². The van der Waals surface area contributed by atoms with Crippen molar-refractivity contribution in [2.45, 2.75) is 25.6 Å². The minimum atomic E-state index is -0.728. The van der Waals surface area contributed by atoms with E-state index in [2.05, 4.69) is 5.32 Å². The molecule has 5 heteroatoms. The Morgan fingerprint density at radius 3 is 2.58 bits per heavy atom. The van der Waals surface area contributed by atoms with Crippen molar-refractivity contribution in [3.05, 3.63) is 65.7 Å². The van der Waals surface area contributed by atoms with E-state index < -0.39 is 12.2 Å². The number of nitriles is 1. The Kier molecular flexibility index (Phi) is 6.35. The van der Waals surface area contributed by atoms with Gasteiger partial charge in [-0.2, -0.15) is 5.26 Å². The second-order valence-electron chi connectivity index (χ2n) is 5.37. The van der Waals surface area contributed by atoms with E-state index in [-0.39, 0.29) is 5.91 Å². The molecule has 0 saturated carbocycles. The first-order valence-corrected chi connectivity index (χ1v) is 7.78. The Morgan fingerprint density at radius 1 is 1.21 bits per heavy atom. The number of amides is 1. The quantitative estimate of drug-likeness (QED) is 0.820. The SMILES string of the molecule is CC(Oc1ccccc1C#N)C(=O)NCCC(O)c1ccccc1. The van der Waals surface area contributed by atoms with Crippen molar-refractivity contribution in [2.75, 3.05) is 6.54 Å². The van der Waals surface area contributed by atoms with Crippen LogP contribution in [0.1, 0.15) is 30.6 Å². The van der Waals surface area contributed by atoms with Gasteiger partial charge in [-0.25, -0.2) is 0 Å². The smallest absolute Gasteiger partial charge is 0.260 e. The molecule has 2 N–H and O–H groups in total. The molecule has 0 aliphatic rings. The fraction of sp³-hybridized carbons (Fsp3) is 0.263. The summed E-state index contributed by atoms with van der Waals surface area (Å²) < 4.78 is 5.54. The molecule has 2 unspecified atom stereocenters. The van der Waals surface area contributed by atoms with E-state index in [1.807, 2.05) is 36.4 Å². The van der Waals surface area contributed by atoms with Gasteiger partial charge in [-0.15, -0.1) is 0 Å². The summed E-state index contributed by atoms with van der Waals surface area (Å²) >= 11 is 0. The molecule has 24 heavy (non-hydrogen) atoms. The number of aliphatic hydroxyl groups excluding tert-OH is 1. The van der Waals surface area contributed by atoms with Gasteiger partial charge in [-0.1, -0.05) is 42.5 Å². The van der Waals surface area contributed by atoms with E-state index in [0.717, 1.165) is 5.56 Å². The molecule has 0 aliphatic heterocycles. The molecule has 0 spiro atoms. The third kappa shape index (κ3) is 4.83. The zero-order chi connectivity index (χ0) is 17.4. The van der Waals surface area contributed by atoms with Crippen molar-refractivity contribution in [2.24, 2.45) is 0 Å². The first kappa shape index (κ1) is 17.5. The molecule has 0 aliphatic carbocycles. The minimum absolute atomic E-state index is 0.289. The van der Waals surface area contributed by atoms with Gasteiger partial charge >= 0.3 is 0 Å². The number of carbonyl (C=O) groups excluding carboxylic acids is 1. The van der Waals surface area contributed by atoms with Crippen LogP contribution in [0, 0.1) is 11.3 Å². The number of hydrogen-bond acceptors (Lipinski definition) is 4. The molecule has 0 radical (unpaired) electrons. The molecule has 2 aromatic carbocycles. The Labute approximate surface area is 141 Å². The molecule has 0 aromatic heterocycles. The molecule has 5 nitrogen and oxygen atoms in total. The average molecular weight is 324 g/mol. The summed E-state index contributed by atoms with van der Waals surface area (Å²) in [5.41, 5.74) is 1.20. The van der Waals surface area contributed by atoms with E-state index in [4.69, 9.17) is 10.00 Å². The average Bonchev–Trinajstić information content (AvgIpc) is 2.62. The van der Waals surface area contributed by atoms with Gasteiger partial charge < -0.3 is 15.2 Å². The van der Waals surface area contributed by atoms with Crippen LogP contribution in [-0.2, 0) is 4.79 Å². The molecule has 2 atom stereocenters. The van der Waals surface area contributed by atoms with Crippen molar-refractivity contribution < 1.29 is 14.6 Å². The number of para-hydroxylation sites is 1. The largest absolute Gasteiger partial charge is 0.480 e. The van der Waals surface area contributed by atoms with E-state index in [0.29, 0.717) is 24.3 Å². The Bertz CT molecular complexity index is 710. The van der Waals surface area contributed by atoms with Gasteiger partial charge in [0.25, 0.3) is 5.91 Å². The number of aliphatic hydroxyl groups is 1. The molecule has 0 fully saturated rings. The van der Waals surface area contributed by atoms with E-state index in [1.165, 1.54) is 0 Å². The van der Waals surface area contributed by atoms with Crippen molar-refractivity contribution in [1.29, 1.82) is 5.26 Å².